The fourth-order valence-electron chi connectivity index (χ4n) is 2.89. The lowest BCUT2D eigenvalue weighted by atomic mass is 9.96. The highest BCUT2D eigenvalue weighted by atomic mass is 32.2. The van der Waals surface area contributed by atoms with Gasteiger partial charge in [0.25, 0.3) is 5.69 Å². The number of rotatable bonds is 4. The lowest BCUT2D eigenvalue weighted by Crippen LogP contribution is -2.41. The summed E-state index contributed by atoms with van der Waals surface area (Å²) in [5.41, 5.74) is 5.33. The van der Waals surface area contributed by atoms with Crippen molar-refractivity contribution < 1.29 is 18.1 Å². The second-order valence-corrected chi connectivity index (χ2v) is 7.00. The predicted molar refractivity (Wildman–Crippen MR) is 74.1 cm³/mol. The fraction of sp³-hybridized carbons (Fsp3) is 0.500. The zero-order valence-corrected chi connectivity index (χ0v) is 11.9. The van der Waals surface area contributed by atoms with Crippen molar-refractivity contribution in [3.63, 3.8) is 0 Å². The highest BCUT2D eigenvalue weighted by molar-refractivity contribution is 7.89. The number of ether oxygens (including phenoxy) is 1. The number of benzene rings is 1. The topological polar surface area (TPSA) is 125 Å². The molecule has 0 aromatic heterocycles. The summed E-state index contributed by atoms with van der Waals surface area (Å²) in [4.78, 5) is 9.85. The van der Waals surface area contributed by atoms with Gasteiger partial charge in [0.1, 0.15) is 4.90 Å². The summed E-state index contributed by atoms with van der Waals surface area (Å²) in [7, 11) is -3.91. The first-order valence-corrected chi connectivity index (χ1v) is 8.07. The molecular weight excluding hydrogens is 298 g/mol. The van der Waals surface area contributed by atoms with Gasteiger partial charge in [-0.1, -0.05) is 0 Å². The van der Waals surface area contributed by atoms with E-state index in [0.717, 1.165) is 18.9 Å². The fourth-order valence-corrected chi connectivity index (χ4v) is 4.32. The van der Waals surface area contributed by atoms with Crippen molar-refractivity contribution >= 4 is 21.4 Å². The maximum Gasteiger partial charge on any atom is 0.270 e. The first-order valence-electron chi connectivity index (χ1n) is 6.58. The Bertz CT molecular complexity index is 690. The minimum atomic E-state index is -3.91. The number of nitro benzene ring substituents is 1. The van der Waals surface area contributed by atoms with Gasteiger partial charge in [-0.3, -0.25) is 10.1 Å². The van der Waals surface area contributed by atoms with Crippen LogP contribution in [0.5, 0.6) is 0 Å². The average Bonchev–Trinajstić information content (AvgIpc) is 3.00. The third kappa shape index (κ3) is 2.59. The van der Waals surface area contributed by atoms with Crippen molar-refractivity contribution in [2.24, 2.45) is 0 Å². The van der Waals surface area contributed by atoms with Gasteiger partial charge < -0.3 is 10.5 Å². The Kier molecular flexibility index (Phi) is 3.34. The van der Waals surface area contributed by atoms with Crippen molar-refractivity contribution in [3.8, 4) is 0 Å². The third-order valence-electron chi connectivity index (χ3n) is 3.91. The van der Waals surface area contributed by atoms with E-state index in [-0.39, 0.29) is 34.5 Å². The van der Waals surface area contributed by atoms with E-state index in [1.54, 1.807) is 0 Å². The van der Waals surface area contributed by atoms with E-state index in [9.17, 15) is 18.5 Å². The van der Waals surface area contributed by atoms with Gasteiger partial charge in [-0.25, -0.2) is 13.1 Å². The van der Waals surface area contributed by atoms with Gasteiger partial charge in [-0.15, -0.1) is 0 Å². The number of anilines is 1. The van der Waals surface area contributed by atoms with Crippen LogP contribution in [0, 0.1) is 10.1 Å². The SMILES string of the molecule is Nc1ccc([N+](=O)[O-])cc1S(=O)(=O)NC1CC2CCC1O2. The van der Waals surface area contributed by atoms with Crippen molar-refractivity contribution in [2.45, 2.75) is 42.4 Å². The standard InChI is InChI=1S/C12H15N3O5S/c13-9-3-1-7(15(16)17)5-12(9)21(18,19)14-10-6-8-2-4-11(10)20-8/h1,3,5,8,10-11,14H,2,4,6,13H2. The maximum atomic E-state index is 12.4. The molecule has 2 aliphatic heterocycles. The molecule has 0 aliphatic carbocycles. The van der Waals surface area contributed by atoms with Crippen molar-refractivity contribution in [1.82, 2.24) is 4.72 Å². The molecule has 0 radical (unpaired) electrons. The number of nitro groups is 1. The second-order valence-electron chi connectivity index (χ2n) is 5.32. The summed E-state index contributed by atoms with van der Waals surface area (Å²) in [6, 6.07) is 3.08. The van der Waals surface area contributed by atoms with E-state index in [4.69, 9.17) is 10.5 Å². The normalized spacial score (nSPS) is 27.9. The van der Waals surface area contributed by atoms with Crippen molar-refractivity contribution in [3.05, 3.63) is 28.3 Å². The number of sulfonamides is 1. The smallest absolute Gasteiger partial charge is 0.270 e. The van der Waals surface area contributed by atoms with E-state index in [0.29, 0.717) is 6.42 Å². The Labute approximate surface area is 121 Å². The molecule has 3 N–H and O–H groups in total. The average molecular weight is 313 g/mol. The largest absolute Gasteiger partial charge is 0.398 e. The zero-order valence-electron chi connectivity index (χ0n) is 11.1. The molecule has 2 heterocycles. The highest BCUT2D eigenvalue weighted by Gasteiger charge is 2.42. The van der Waals surface area contributed by atoms with Crippen LogP contribution in [-0.2, 0) is 14.8 Å². The predicted octanol–water partition coefficient (Wildman–Crippen LogP) is 0.775. The van der Waals surface area contributed by atoms with Gasteiger partial charge >= 0.3 is 0 Å². The Morgan fingerprint density at radius 2 is 2.14 bits per heavy atom. The van der Waals surface area contributed by atoms with E-state index in [1.807, 2.05) is 0 Å². The van der Waals surface area contributed by atoms with Crippen LogP contribution in [0.4, 0.5) is 11.4 Å². The molecule has 3 rings (SSSR count). The van der Waals surface area contributed by atoms with Crippen LogP contribution in [0.3, 0.4) is 0 Å². The van der Waals surface area contributed by atoms with Crippen LogP contribution in [-0.4, -0.2) is 31.6 Å². The summed E-state index contributed by atoms with van der Waals surface area (Å²) in [6.07, 6.45) is 2.37. The van der Waals surface area contributed by atoms with E-state index in [1.165, 1.54) is 12.1 Å². The van der Waals surface area contributed by atoms with Crippen molar-refractivity contribution in [2.75, 3.05) is 5.73 Å². The first-order chi connectivity index (χ1) is 9.87. The molecule has 1 aromatic rings. The number of hydrogen-bond donors (Lipinski definition) is 2. The Morgan fingerprint density at radius 3 is 2.71 bits per heavy atom. The molecule has 2 fully saturated rings. The molecule has 1 aromatic carbocycles. The van der Waals surface area contributed by atoms with Gasteiger partial charge in [-0.2, -0.15) is 0 Å². The summed E-state index contributed by atoms with van der Waals surface area (Å²) < 4.78 is 32.9. The number of hydrogen-bond acceptors (Lipinski definition) is 6. The molecule has 0 amide bonds. The number of nitrogens with one attached hydrogen (secondary N) is 1. The number of nitrogen functional groups attached to an aromatic ring is 1. The molecular formula is C12H15N3O5S. The van der Waals surface area contributed by atoms with Crippen LogP contribution in [0.25, 0.3) is 0 Å². The molecule has 2 bridgehead atoms. The Hall–Kier alpha value is -1.71. The summed E-state index contributed by atoms with van der Waals surface area (Å²) in [5, 5.41) is 10.8. The monoisotopic (exact) mass is 313 g/mol. The minimum Gasteiger partial charge on any atom is -0.398 e. The van der Waals surface area contributed by atoms with Gasteiger partial charge in [-0.05, 0) is 25.3 Å². The molecule has 0 saturated carbocycles. The van der Waals surface area contributed by atoms with Crippen LogP contribution in [0.2, 0.25) is 0 Å². The van der Waals surface area contributed by atoms with E-state index < -0.39 is 14.9 Å². The Morgan fingerprint density at radius 1 is 1.38 bits per heavy atom. The summed E-state index contributed by atoms with van der Waals surface area (Å²) >= 11 is 0. The molecule has 3 unspecified atom stereocenters. The molecule has 2 saturated heterocycles. The quantitative estimate of drug-likeness (QED) is 0.480. The van der Waals surface area contributed by atoms with Crippen LogP contribution >= 0.6 is 0 Å². The second kappa shape index (κ2) is 4.93. The molecule has 9 heteroatoms. The minimum absolute atomic E-state index is 0.0165. The van der Waals surface area contributed by atoms with Gasteiger partial charge in [0.05, 0.1) is 28.9 Å². The first kappa shape index (κ1) is 14.2. The van der Waals surface area contributed by atoms with Crippen LogP contribution in [0.1, 0.15) is 19.3 Å². The number of nitrogens with two attached hydrogens (primary N) is 1. The van der Waals surface area contributed by atoms with Gasteiger partial charge in [0.15, 0.2) is 0 Å². The number of nitrogens with zero attached hydrogens (tertiary/aromatic N) is 1. The van der Waals surface area contributed by atoms with Gasteiger partial charge in [0.2, 0.25) is 10.0 Å². The van der Waals surface area contributed by atoms with E-state index >= 15 is 0 Å². The summed E-state index contributed by atoms with van der Waals surface area (Å²) in [5.74, 6) is 0. The van der Waals surface area contributed by atoms with Gasteiger partial charge in [0, 0.05) is 12.1 Å². The molecule has 8 nitrogen and oxygen atoms in total. The maximum absolute atomic E-state index is 12.4. The molecule has 2 aliphatic rings. The van der Waals surface area contributed by atoms with Crippen LogP contribution < -0.4 is 10.5 Å². The third-order valence-corrected chi connectivity index (χ3v) is 5.46. The van der Waals surface area contributed by atoms with E-state index in [2.05, 4.69) is 4.72 Å². The number of fused-ring (bicyclic) bond motifs is 2. The highest BCUT2D eigenvalue weighted by Crippen LogP contribution is 2.35. The number of non-ortho nitro benzene ring substituents is 1. The van der Waals surface area contributed by atoms with Crippen LogP contribution in [0.15, 0.2) is 23.1 Å². The Balaban J connectivity index is 1.88. The molecule has 3 atom stereocenters. The molecule has 21 heavy (non-hydrogen) atoms. The van der Waals surface area contributed by atoms with Crippen molar-refractivity contribution in [1.29, 1.82) is 0 Å². The molecule has 0 spiro atoms. The lowest BCUT2D eigenvalue weighted by molar-refractivity contribution is -0.385. The zero-order chi connectivity index (χ0) is 15.2. The summed E-state index contributed by atoms with van der Waals surface area (Å²) in [6.45, 7) is 0. The molecule has 114 valence electrons. The lowest BCUT2D eigenvalue weighted by Gasteiger charge is -2.20.